The molecule has 1 aromatic rings. The van der Waals surface area contributed by atoms with Gasteiger partial charge in [-0.3, -0.25) is 0 Å². The molecule has 0 saturated carbocycles. The first-order valence-corrected chi connectivity index (χ1v) is 9.22. The molecule has 26 heavy (non-hydrogen) atoms. The standard InChI is InChI=1S/C20H29N3O3/c1-20(2,3)26-19(24)23-12-9-17(10-13-23)22-11-6-14-25-18-8-5-4-7-16(18)15-21/h4-5,7-8,17,22H,6,9-14H2,1-3H3. The summed E-state index contributed by atoms with van der Waals surface area (Å²) in [4.78, 5) is 13.8. The van der Waals surface area contributed by atoms with Gasteiger partial charge >= 0.3 is 6.09 Å². The van der Waals surface area contributed by atoms with Gasteiger partial charge in [0.1, 0.15) is 17.4 Å². The number of para-hydroxylation sites is 1. The minimum atomic E-state index is -0.448. The molecule has 1 aromatic carbocycles. The predicted octanol–water partition coefficient (Wildman–Crippen LogP) is 3.32. The number of rotatable bonds is 6. The topological polar surface area (TPSA) is 74.6 Å². The number of ether oxygens (including phenoxy) is 2. The molecule has 0 unspecified atom stereocenters. The molecule has 0 aromatic heterocycles. The van der Waals surface area contributed by atoms with E-state index in [2.05, 4.69) is 11.4 Å². The Hall–Kier alpha value is -2.26. The van der Waals surface area contributed by atoms with E-state index in [4.69, 9.17) is 14.7 Å². The van der Waals surface area contributed by atoms with E-state index in [9.17, 15) is 4.79 Å². The summed E-state index contributed by atoms with van der Waals surface area (Å²) < 4.78 is 11.1. The highest BCUT2D eigenvalue weighted by Crippen LogP contribution is 2.17. The molecule has 0 aliphatic carbocycles. The molecule has 1 heterocycles. The lowest BCUT2D eigenvalue weighted by atomic mass is 10.1. The molecule has 1 saturated heterocycles. The second-order valence-corrected chi connectivity index (χ2v) is 7.51. The molecule has 1 aliphatic rings. The molecule has 6 nitrogen and oxygen atoms in total. The van der Waals surface area contributed by atoms with Crippen LogP contribution in [0.25, 0.3) is 0 Å². The summed E-state index contributed by atoms with van der Waals surface area (Å²) in [7, 11) is 0. The summed E-state index contributed by atoms with van der Waals surface area (Å²) in [5.41, 5.74) is 0.117. The summed E-state index contributed by atoms with van der Waals surface area (Å²) in [6.45, 7) is 8.52. The van der Waals surface area contributed by atoms with Crippen molar-refractivity contribution in [1.29, 1.82) is 5.26 Å². The molecule has 0 spiro atoms. The molecule has 0 bridgehead atoms. The molecule has 1 fully saturated rings. The fourth-order valence-electron chi connectivity index (χ4n) is 2.84. The van der Waals surface area contributed by atoms with Crippen LogP contribution in [0.4, 0.5) is 4.79 Å². The lowest BCUT2D eigenvalue weighted by Crippen LogP contribution is -2.46. The zero-order valence-electron chi connectivity index (χ0n) is 16.0. The Morgan fingerprint density at radius 3 is 2.65 bits per heavy atom. The van der Waals surface area contributed by atoms with Crippen LogP contribution in [0.1, 0.15) is 45.6 Å². The molecule has 0 radical (unpaired) electrons. The number of nitriles is 1. The van der Waals surface area contributed by atoms with Crippen LogP contribution >= 0.6 is 0 Å². The van der Waals surface area contributed by atoms with Gasteiger partial charge in [-0.2, -0.15) is 5.26 Å². The van der Waals surface area contributed by atoms with Gasteiger partial charge in [0, 0.05) is 19.1 Å². The van der Waals surface area contributed by atoms with Crippen molar-refractivity contribution < 1.29 is 14.3 Å². The molecule has 1 N–H and O–H groups in total. The summed E-state index contributed by atoms with van der Waals surface area (Å²) in [6, 6.07) is 9.82. The summed E-state index contributed by atoms with van der Waals surface area (Å²) in [6.07, 6.45) is 2.50. The number of carbonyl (C=O) groups excluding carboxylic acids is 1. The van der Waals surface area contributed by atoms with Gasteiger partial charge in [0.05, 0.1) is 12.2 Å². The zero-order valence-corrected chi connectivity index (χ0v) is 16.0. The van der Waals surface area contributed by atoms with Gasteiger partial charge in [-0.15, -0.1) is 0 Å². The van der Waals surface area contributed by atoms with Crippen LogP contribution in [0, 0.1) is 11.3 Å². The monoisotopic (exact) mass is 359 g/mol. The van der Waals surface area contributed by atoms with Crippen molar-refractivity contribution >= 4 is 6.09 Å². The normalized spacial score (nSPS) is 15.4. The number of piperidine rings is 1. The van der Waals surface area contributed by atoms with Crippen LogP contribution in [0.5, 0.6) is 5.75 Å². The van der Waals surface area contributed by atoms with Crippen molar-refractivity contribution in [3.63, 3.8) is 0 Å². The van der Waals surface area contributed by atoms with Crippen molar-refractivity contribution in [2.75, 3.05) is 26.2 Å². The molecule has 1 aliphatic heterocycles. The summed E-state index contributed by atoms with van der Waals surface area (Å²) in [5.74, 6) is 0.640. The van der Waals surface area contributed by atoms with Crippen LogP contribution in [0.2, 0.25) is 0 Å². The van der Waals surface area contributed by atoms with E-state index in [0.717, 1.165) is 38.9 Å². The molecule has 142 valence electrons. The Morgan fingerprint density at radius 2 is 2.00 bits per heavy atom. The van der Waals surface area contributed by atoms with Gasteiger partial charge in [0.25, 0.3) is 0 Å². The quantitative estimate of drug-likeness (QED) is 0.789. The number of hydrogen-bond acceptors (Lipinski definition) is 5. The van der Waals surface area contributed by atoms with Crippen molar-refractivity contribution in [2.45, 2.75) is 51.7 Å². The Bertz CT molecular complexity index is 626. The third-order valence-corrected chi connectivity index (χ3v) is 4.17. The third-order valence-electron chi connectivity index (χ3n) is 4.17. The SMILES string of the molecule is CC(C)(C)OC(=O)N1CCC(NCCCOc2ccccc2C#N)CC1. The van der Waals surface area contributed by atoms with Gasteiger partial charge in [0.15, 0.2) is 0 Å². The number of amides is 1. The fraction of sp³-hybridized carbons (Fsp3) is 0.600. The van der Waals surface area contributed by atoms with E-state index in [1.807, 2.05) is 39.0 Å². The second kappa shape index (κ2) is 9.44. The van der Waals surface area contributed by atoms with Gasteiger partial charge in [-0.05, 0) is 58.7 Å². The van der Waals surface area contributed by atoms with Crippen LogP contribution in [-0.2, 0) is 4.74 Å². The maximum Gasteiger partial charge on any atom is 0.410 e. The van der Waals surface area contributed by atoms with Crippen molar-refractivity contribution in [2.24, 2.45) is 0 Å². The number of benzene rings is 1. The highest BCUT2D eigenvalue weighted by Gasteiger charge is 2.26. The maximum atomic E-state index is 12.1. The van der Waals surface area contributed by atoms with E-state index in [1.165, 1.54) is 0 Å². The lowest BCUT2D eigenvalue weighted by Gasteiger charge is -2.33. The van der Waals surface area contributed by atoms with Crippen LogP contribution in [0.3, 0.4) is 0 Å². The maximum absolute atomic E-state index is 12.1. The van der Waals surface area contributed by atoms with E-state index in [-0.39, 0.29) is 6.09 Å². The van der Waals surface area contributed by atoms with E-state index >= 15 is 0 Å². The predicted molar refractivity (Wildman–Crippen MR) is 100 cm³/mol. The van der Waals surface area contributed by atoms with E-state index < -0.39 is 5.60 Å². The molecular weight excluding hydrogens is 330 g/mol. The smallest absolute Gasteiger partial charge is 0.410 e. The van der Waals surface area contributed by atoms with Crippen molar-refractivity contribution in [3.8, 4) is 11.8 Å². The summed E-state index contributed by atoms with van der Waals surface area (Å²) >= 11 is 0. The Labute approximate surface area is 156 Å². The highest BCUT2D eigenvalue weighted by molar-refractivity contribution is 5.68. The first kappa shape index (κ1) is 20.1. The Balaban J connectivity index is 1.60. The van der Waals surface area contributed by atoms with E-state index in [1.54, 1.807) is 11.0 Å². The van der Waals surface area contributed by atoms with Gasteiger partial charge in [-0.1, -0.05) is 12.1 Å². The van der Waals surface area contributed by atoms with Crippen LogP contribution < -0.4 is 10.1 Å². The molecular formula is C20H29N3O3. The molecule has 6 heteroatoms. The number of hydrogen-bond donors (Lipinski definition) is 1. The first-order chi connectivity index (χ1) is 12.4. The van der Waals surface area contributed by atoms with Crippen LogP contribution in [-0.4, -0.2) is 48.9 Å². The largest absolute Gasteiger partial charge is 0.492 e. The number of carbonyl (C=O) groups is 1. The molecule has 0 atom stereocenters. The minimum absolute atomic E-state index is 0.222. The van der Waals surface area contributed by atoms with Gasteiger partial charge in [-0.25, -0.2) is 4.79 Å². The minimum Gasteiger partial charge on any atom is -0.492 e. The lowest BCUT2D eigenvalue weighted by molar-refractivity contribution is 0.0198. The third kappa shape index (κ3) is 6.57. The Morgan fingerprint density at radius 1 is 1.31 bits per heavy atom. The molecule has 1 amide bonds. The fourth-order valence-corrected chi connectivity index (χ4v) is 2.84. The number of likely N-dealkylation sites (tertiary alicyclic amines) is 1. The van der Waals surface area contributed by atoms with E-state index in [0.29, 0.717) is 24.0 Å². The second-order valence-electron chi connectivity index (χ2n) is 7.51. The average molecular weight is 359 g/mol. The number of nitrogens with one attached hydrogen (secondary N) is 1. The van der Waals surface area contributed by atoms with Gasteiger partial charge < -0.3 is 19.7 Å². The van der Waals surface area contributed by atoms with Crippen molar-refractivity contribution in [3.05, 3.63) is 29.8 Å². The van der Waals surface area contributed by atoms with Crippen LogP contribution in [0.15, 0.2) is 24.3 Å². The Kier molecular flexibility index (Phi) is 7.28. The van der Waals surface area contributed by atoms with Crippen molar-refractivity contribution in [1.82, 2.24) is 10.2 Å². The first-order valence-electron chi connectivity index (χ1n) is 9.22. The number of nitrogens with zero attached hydrogens (tertiary/aromatic N) is 2. The summed E-state index contributed by atoms with van der Waals surface area (Å²) in [5, 5.41) is 12.6. The zero-order chi connectivity index (χ0) is 19.0. The highest BCUT2D eigenvalue weighted by atomic mass is 16.6. The average Bonchev–Trinajstić information content (AvgIpc) is 2.61. The van der Waals surface area contributed by atoms with Gasteiger partial charge in [0.2, 0.25) is 0 Å². The molecule has 2 rings (SSSR count).